The summed E-state index contributed by atoms with van der Waals surface area (Å²) < 4.78 is 5.76. The molecule has 2 rings (SSSR count). The molecule has 0 aromatic heterocycles. The summed E-state index contributed by atoms with van der Waals surface area (Å²) in [7, 11) is 0. The van der Waals surface area contributed by atoms with Crippen LogP contribution in [0.3, 0.4) is 0 Å². The zero-order valence-electron chi connectivity index (χ0n) is 7.22. The predicted molar refractivity (Wildman–Crippen MR) is 40.8 cm³/mol. The zero-order chi connectivity index (χ0) is 7.52. The lowest BCUT2D eigenvalue weighted by Gasteiger charge is -2.19. The molecule has 0 aromatic carbocycles. The molecule has 5 unspecified atom stereocenters. The van der Waals surface area contributed by atoms with Gasteiger partial charge in [-0.1, -0.05) is 20.8 Å². The maximum Gasteiger partial charge on any atom is 0.0671 e. The van der Waals surface area contributed by atoms with Crippen LogP contribution in [-0.2, 0) is 4.74 Å². The summed E-state index contributed by atoms with van der Waals surface area (Å²) in [6.07, 6.45) is 1.07. The molecule has 1 heteroatoms. The Balaban J connectivity index is 2.20. The van der Waals surface area contributed by atoms with Gasteiger partial charge in [0, 0.05) is 5.41 Å². The summed E-state index contributed by atoms with van der Waals surface area (Å²) >= 11 is 0. The van der Waals surface area contributed by atoms with E-state index in [2.05, 4.69) is 27.7 Å². The maximum atomic E-state index is 5.76. The third kappa shape index (κ3) is 0.493. The van der Waals surface area contributed by atoms with Crippen molar-refractivity contribution in [1.82, 2.24) is 0 Å². The fourth-order valence-electron chi connectivity index (χ4n) is 2.50. The molecule has 1 aliphatic carbocycles. The van der Waals surface area contributed by atoms with Crippen molar-refractivity contribution < 1.29 is 4.74 Å². The lowest BCUT2D eigenvalue weighted by atomic mass is 9.88. The van der Waals surface area contributed by atoms with Crippen LogP contribution in [0.4, 0.5) is 0 Å². The van der Waals surface area contributed by atoms with Crippen molar-refractivity contribution in [2.24, 2.45) is 17.3 Å². The van der Waals surface area contributed by atoms with Gasteiger partial charge in [0.25, 0.3) is 0 Å². The van der Waals surface area contributed by atoms with Gasteiger partial charge in [0.15, 0.2) is 0 Å². The molecule has 0 spiro atoms. The monoisotopic (exact) mass is 140 g/mol. The Bertz CT molecular complexity index is 166. The van der Waals surface area contributed by atoms with Gasteiger partial charge in [-0.2, -0.15) is 0 Å². The van der Waals surface area contributed by atoms with E-state index in [0.717, 1.165) is 11.8 Å². The van der Waals surface area contributed by atoms with Crippen LogP contribution in [0.5, 0.6) is 0 Å². The molecule has 1 saturated carbocycles. The molecule has 5 atom stereocenters. The van der Waals surface area contributed by atoms with Gasteiger partial charge >= 0.3 is 0 Å². The molecule has 0 amide bonds. The molecule has 2 fully saturated rings. The molecule has 1 nitrogen and oxygen atoms in total. The fraction of sp³-hybridized carbons (Fsp3) is 1.00. The molecule has 58 valence electrons. The molecular formula is C9H16O. The summed E-state index contributed by atoms with van der Waals surface area (Å²) in [5.74, 6) is 1.56. The van der Waals surface area contributed by atoms with Crippen molar-refractivity contribution in [3.8, 4) is 0 Å². The van der Waals surface area contributed by atoms with Gasteiger partial charge in [0.05, 0.1) is 12.2 Å². The highest BCUT2D eigenvalue weighted by Gasteiger charge is 2.68. The summed E-state index contributed by atoms with van der Waals surface area (Å²) in [5, 5.41) is 0. The van der Waals surface area contributed by atoms with E-state index >= 15 is 0 Å². The van der Waals surface area contributed by atoms with E-state index < -0.39 is 0 Å². The average Bonchev–Trinajstić information content (AvgIpc) is 2.29. The van der Waals surface area contributed by atoms with E-state index in [1.165, 1.54) is 0 Å². The second-order valence-electron chi connectivity index (χ2n) is 4.21. The van der Waals surface area contributed by atoms with Gasteiger partial charge in [0.1, 0.15) is 0 Å². The van der Waals surface area contributed by atoms with Crippen molar-refractivity contribution >= 4 is 0 Å². The topological polar surface area (TPSA) is 9.23 Å². The van der Waals surface area contributed by atoms with Gasteiger partial charge < -0.3 is 4.74 Å². The minimum absolute atomic E-state index is 0.492. The molecule has 0 aromatic rings. The van der Waals surface area contributed by atoms with E-state index in [4.69, 9.17) is 4.74 Å². The van der Waals surface area contributed by atoms with Gasteiger partial charge in [-0.25, -0.2) is 0 Å². The second-order valence-corrected chi connectivity index (χ2v) is 4.21. The normalized spacial score (nSPS) is 66.0. The van der Waals surface area contributed by atoms with Crippen LogP contribution in [0.2, 0.25) is 0 Å². The molecule has 1 saturated heterocycles. The Labute approximate surface area is 62.8 Å². The first-order chi connectivity index (χ1) is 4.58. The third-order valence-electron chi connectivity index (χ3n) is 3.99. The van der Waals surface area contributed by atoms with Crippen LogP contribution in [0.25, 0.3) is 0 Å². The van der Waals surface area contributed by atoms with Crippen LogP contribution in [0.15, 0.2) is 0 Å². The van der Waals surface area contributed by atoms with Gasteiger partial charge in [-0.15, -0.1) is 0 Å². The van der Waals surface area contributed by atoms with Crippen LogP contribution < -0.4 is 0 Å². The average molecular weight is 140 g/mol. The minimum atomic E-state index is 0.492. The van der Waals surface area contributed by atoms with Gasteiger partial charge in [-0.3, -0.25) is 0 Å². The van der Waals surface area contributed by atoms with Crippen LogP contribution in [0, 0.1) is 17.3 Å². The van der Waals surface area contributed by atoms with E-state index in [9.17, 15) is 0 Å². The Morgan fingerprint density at radius 2 is 1.70 bits per heavy atom. The van der Waals surface area contributed by atoms with E-state index in [1.807, 2.05) is 0 Å². The third-order valence-corrected chi connectivity index (χ3v) is 3.99. The highest BCUT2D eigenvalue weighted by molar-refractivity contribution is 5.15. The molecule has 1 aliphatic heterocycles. The lowest BCUT2D eigenvalue weighted by molar-refractivity contribution is 0.0532. The number of hydrogen-bond acceptors (Lipinski definition) is 1. The van der Waals surface area contributed by atoms with Crippen LogP contribution in [0.1, 0.15) is 27.7 Å². The van der Waals surface area contributed by atoms with Crippen LogP contribution in [-0.4, -0.2) is 12.2 Å². The van der Waals surface area contributed by atoms with Crippen molar-refractivity contribution in [2.45, 2.75) is 39.9 Å². The Kier molecular flexibility index (Phi) is 1.05. The minimum Gasteiger partial charge on any atom is -0.374 e. The first-order valence-corrected chi connectivity index (χ1v) is 4.24. The Hall–Kier alpha value is -0.0400. The molecule has 1 heterocycles. The van der Waals surface area contributed by atoms with Crippen molar-refractivity contribution in [3.05, 3.63) is 0 Å². The lowest BCUT2D eigenvalue weighted by Crippen LogP contribution is -2.19. The molecule has 0 N–H and O–H groups in total. The highest BCUT2D eigenvalue weighted by atomic mass is 16.5. The number of ether oxygens (including phenoxy) is 1. The van der Waals surface area contributed by atoms with E-state index in [-0.39, 0.29) is 0 Å². The molecule has 2 aliphatic rings. The number of fused-ring (bicyclic) bond motifs is 1. The molecule has 0 bridgehead atoms. The summed E-state index contributed by atoms with van der Waals surface area (Å²) in [4.78, 5) is 0. The summed E-state index contributed by atoms with van der Waals surface area (Å²) in [6, 6.07) is 0. The molecule has 10 heavy (non-hydrogen) atoms. The largest absolute Gasteiger partial charge is 0.374 e. The van der Waals surface area contributed by atoms with Gasteiger partial charge in [-0.05, 0) is 18.8 Å². The number of hydrogen-bond donors (Lipinski definition) is 0. The molecular weight excluding hydrogens is 124 g/mol. The fourth-order valence-corrected chi connectivity index (χ4v) is 2.50. The van der Waals surface area contributed by atoms with Gasteiger partial charge in [0.2, 0.25) is 0 Å². The smallest absolute Gasteiger partial charge is 0.0671 e. The predicted octanol–water partition coefficient (Wildman–Crippen LogP) is 2.07. The Morgan fingerprint density at radius 3 is 2.00 bits per heavy atom. The number of rotatable bonds is 0. The highest BCUT2D eigenvalue weighted by Crippen LogP contribution is 2.65. The van der Waals surface area contributed by atoms with Crippen LogP contribution >= 0.6 is 0 Å². The van der Waals surface area contributed by atoms with Crippen molar-refractivity contribution in [2.75, 3.05) is 0 Å². The standard InChI is InChI=1S/C9H16O/c1-5-7(3)10-8-6(2)9(5,8)4/h5-8H,1-4H3. The van der Waals surface area contributed by atoms with Crippen molar-refractivity contribution in [1.29, 1.82) is 0 Å². The van der Waals surface area contributed by atoms with Crippen molar-refractivity contribution in [3.63, 3.8) is 0 Å². The zero-order valence-corrected chi connectivity index (χ0v) is 7.22. The van der Waals surface area contributed by atoms with E-state index in [0.29, 0.717) is 17.6 Å². The van der Waals surface area contributed by atoms with E-state index in [1.54, 1.807) is 0 Å². The summed E-state index contributed by atoms with van der Waals surface area (Å²) in [6.45, 7) is 9.16. The maximum absolute atomic E-state index is 5.76. The first-order valence-electron chi connectivity index (χ1n) is 4.24. The molecule has 0 radical (unpaired) electrons. The second kappa shape index (κ2) is 1.58. The Morgan fingerprint density at radius 1 is 1.10 bits per heavy atom. The first kappa shape index (κ1) is 6.66. The summed E-state index contributed by atoms with van der Waals surface area (Å²) in [5.41, 5.74) is 0.527. The SMILES string of the molecule is CC1OC2C(C)C2(C)C1C. The quantitative estimate of drug-likeness (QED) is 0.500.